The molecule has 1 aromatic heterocycles. The number of ether oxygens (including phenoxy) is 2. The molecule has 0 aliphatic carbocycles. The Labute approximate surface area is 144 Å². The van der Waals surface area contributed by atoms with E-state index >= 15 is 0 Å². The topological polar surface area (TPSA) is 104 Å². The van der Waals surface area contributed by atoms with E-state index in [9.17, 15) is 4.79 Å². The van der Waals surface area contributed by atoms with E-state index in [1.807, 2.05) is 31.2 Å². The summed E-state index contributed by atoms with van der Waals surface area (Å²) in [5.74, 6) is 7.44. The van der Waals surface area contributed by atoms with Gasteiger partial charge in [0.25, 0.3) is 0 Å². The largest absolute Gasteiger partial charge is 0.494 e. The summed E-state index contributed by atoms with van der Waals surface area (Å²) in [5.41, 5.74) is 0.824. The van der Waals surface area contributed by atoms with Gasteiger partial charge in [0, 0.05) is 19.2 Å². The number of rotatable bonds is 9. The van der Waals surface area contributed by atoms with Crippen LogP contribution in [0.5, 0.6) is 5.75 Å². The molecule has 1 aromatic carbocycles. The molecule has 0 fully saturated rings. The molecular formula is C15H21N5O3S. The summed E-state index contributed by atoms with van der Waals surface area (Å²) in [6.45, 7) is 3.49. The molecule has 0 atom stereocenters. The molecule has 0 unspecified atom stereocenters. The molecule has 8 nitrogen and oxygen atoms in total. The van der Waals surface area contributed by atoms with E-state index in [0.29, 0.717) is 30.7 Å². The summed E-state index contributed by atoms with van der Waals surface area (Å²) in [5, 5.41) is 11.3. The zero-order valence-electron chi connectivity index (χ0n) is 13.7. The predicted molar refractivity (Wildman–Crippen MR) is 92.4 cm³/mol. The van der Waals surface area contributed by atoms with Crippen LogP contribution in [0.3, 0.4) is 0 Å². The highest BCUT2D eigenvalue weighted by molar-refractivity contribution is 7.99. The Morgan fingerprint density at radius 2 is 2.08 bits per heavy atom. The average molecular weight is 351 g/mol. The van der Waals surface area contributed by atoms with E-state index in [-0.39, 0.29) is 11.7 Å². The fourth-order valence-corrected chi connectivity index (χ4v) is 2.60. The molecule has 1 amide bonds. The van der Waals surface area contributed by atoms with Crippen molar-refractivity contribution in [3.05, 3.63) is 24.3 Å². The minimum Gasteiger partial charge on any atom is -0.494 e. The van der Waals surface area contributed by atoms with Crippen molar-refractivity contribution in [1.29, 1.82) is 0 Å². The number of methoxy groups -OCH3 is 1. The maximum absolute atomic E-state index is 11.7. The normalized spacial score (nSPS) is 10.6. The van der Waals surface area contributed by atoms with Gasteiger partial charge in [0.15, 0.2) is 5.82 Å². The first-order chi connectivity index (χ1) is 11.7. The van der Waals surface area contributed by atoms with Crippen LogP contribution < -0.4 is 15.9 Å². The van der Waals surface area contributed by atoms with E-state index in [4.69, 9.17) is 15.3 Å². The molecule has 2 aromatic rings. The highest BCUT2D eigenvalue weighted by Gasteiger charge is 2.13. The second-order valence-electron chi connectivity index (χ2n) is 4.77. The van der Waals surface area contributed by atoms with Crippen LogP contribution in [0.25, 0.3) is 11.4 Å². The maximum atomic E-state index is 11.7. The molecule has 9 heteroatoms. The molecule has 0 saturated carbocycles. The van der Waals surface area contributed by atoms with Crippen molar-refractivity contribution >= 4 is 17.7 Å². The summed E-state index contributed by atoms with van der Waals surface area (Å²) >= 11 is 1.23. The first-order valence-electron chi connectivity index (χ1n) is 7.47. The van der Waals surface area contributed by atoms with Crippen LogP contribution in [0.2, 0.25) is 0 Å². The SMILES string of the molecule is CCOc1ccc(-c2nnc(SCC(=O)NCCOC)n2N)cc1. The van der Waals surface area contributed by atoms with Gasteiger partial charge in [-0.3, -0.25) is 4.79 Å². The van der Waals surface area contributed by atoms with E-state index in [1.165, 1.54) is 16.4 Å². The number of nitrogens with two attached hydrogens (primary N) is 1. The summed E-state index contributed by atoms with van der Waals surface area (Å²) in [6.07, 6.45) is 0. The third kappa shape index (κ3) is 4.87. The Bertz CT molecular complexity index is 660. The molecule has 0 aliphatic rings. The monoisotopic (exact) mass is 351 g/mol. The van der Waals surface area contributed by atoms with Gasteiger partial charge in [0.1, 0.15) is 5.75 Å². The number of carbonyl (C=O) groups excluding carboxylic acids is 1. The standard InChI is InChI=1S/C15H21N5O3S/c1-3-23-12-6-4-11(5-7-12)14-18-19-15(20(14)16)24-10-13(21)17-8-9-22-2/h4-7H,3,8-10,16H2,1-2H3,(H,17,21). The molecule has 0 spiro atoms. The van der Waals surface area contributed by atoms with Crippen molar-refractivity contribution in [1.82, 2.24) is 20.2 Å². The number of aromatic nitrogens is 3. The number of carbonyl (C=O) groups is 1. The lowest BCUT2D eigenvalue weighted by atomic mass is 10.2. The second-order valence-corrected chi connectivity index (χ2v) is 5.71. The van der Waals surface area contributed by atoms with E-state index < -0.39 is 0 Å². The lowest BCUT2D eigenvalue weighted by Gasteiger charge is -2.06. The first kappa shape index (κ1) is 18.1. The van der Waals surface area contributed by atoms with Crippen molar-refractivity contribution < 1.29 is 14.3 Å². The van der Waals surface area contributed by atoms with Gasteiger partial charge < -0.3 is 20.6 Å². The molecule has 0 bridgehead atoms. The maximum Gasteiger partial charge on any atom is 0.230 e. The molecule has 0 saturated heterocycles. The lowest BCUT2D eigenvalue weighted by molar-refractivity contribution is -0.118. The summed E-state index contributed by atoms with van der Waals surface area (Å²) in [6, 6.07) is 7.43. The van der Waals surface area contributed by atoms with Crippen molar-refractivity contribution in [3.63, 3.8) is 0 Å². The smallest absolute Gasteiger partial charge is 0.230 e. The fourth-order valence-electron chi connectivity index (χ4n) is 1.91. The number of hydrogen-bond donors (Lipinski definition) is 2. The van der Waals surface area contributed by atoms with Gasteiger partial charge in [-0.1, -0.05) is 11.8 Å². The van der Waals surface area contributed by atoms with Gasteiger partial charge in [0.2, 0.25) is 11.1 Å². The van der Waals surface area contributed by atoms with Crippen LogP contribution in [-0.4, -0.2) is 53.4 Å². The molecule has 3 N–H and O–H groups in total. The van der Waals surface area contributed by atoms with Crippen molar-refractivity contribution in [2.24, 2.45) is 0 Å². The van der Waals surface area contributed by atoms with Gasteiger partial charge in [-0.2, -0.15) is 0 Å². The van der Waals surface area contributed by atoms with Gasteiger partial charge in [-0.05, 0) is 31.2 Å². The quantitative estimate of drug-likeness (QED) is 0.393. The van der Waals surface area contributed by atoms with Crippen molar-refractivity contribution in [3.8, 4) is 17.1 Å². The Morgan fingerprint density at radius 1 is 1.33 bits per heavy atom. The summed E-state index contributed by atoms with van der Waals surface area (Å²) < 4.78 is 11.7. The Kier molecular flexibility index (Phi) is 6.89. The number of amides is 1. The fraction of sp³-hybridized carbons (Fsp3) is 0.400. The van der Waals surface area contributed by atoms with Crippen LogP contribution in [0.4, 0.5) is 0 Å². The predicted octanol–water partition coefficient (Wildman–Crippen LogP) is 0.912. The second kappa shape index (κ2) is 9.14. The minimum atomic E-state index is -0.109. The highest BCUT2D eigenvalue weighted by Crippen LogP contribution is 2.23. The number of nitrogen functional groups attached to an aromatic ring is 1. The van der Waals surface area contributed by atoms with Gasteiger partial charge >= 0.3 is 0 Å². The molecule has 2 rings (SSSR count). The Balaban J connectivity index is 1.96. The zero-order chi connectivity index (χ0) is 17.4. The Hall–Kier alpha value is -2.26. The van der Waals surface area contributed by atoms with Crippen molar-refractivity contribution in [2.45, 2.75) is 12.1 Å². The number of nitrogens with zero attached hydrogens (tertiary/aromatic N) is 3. The molecule has 130 valence electrons. The van der Waals surface area contributed by atoms with E-state index in [1.54, 1.807) is 7.11 Å². The van der Waals surface area contributed by atoms with Crippen molar-refractivity contribution in [2.75, 3.05) is 38.5 Å². The number of benzene rings is 1. The van der Waals surface area contributed by atoms with Gasteiger partial charge in [-0.15, -0.1) is 10.2 Å². The third-order valence-electron chi connectivity index (χ3n) is 3.05. The number of hydrogen-bond acceptors (Lipinski definition) is 7. The first-order valence-corrected chi connectivity index (χ1v) is 8.46. The van der Waals surface area contributed by atoms with Crippen LogP contribution in [0, 0.1) is 0 Å². The minimum absolute atomic E-state index is 0.109. The zero-order valence-corrected chi connectivity index (χ0v) is 14.5. The van der Waals surface area contributed by atoms with Gasteiger partial charge in [0.05, 0.1) is 19.0 Å². The van der Waals surface area contributed by atoms with E-state index in [2.05, 4.69) is 15.5 Å². The van der Waals surface area contributed by atoms with E-state index in [0.717, 1.165) is 11.3 Å². The molecule has 0 radical (unpaired) electrons. The molecule has 24 heavy (non-hydrogen) atoms. The highest BCUT2D eigenvalue weighted by atomic mass is 32.2. The molecule has 0 aliphatic heterocycles. The average Bonchev–Trinajstić information content (AvgIpc) is 2.95. The number of thioether (sulfide) groups is 1. The number of nitrogens with one attached hydrogen (secondary N) is 1. The third-order valence-corrected chi connectivity index (χ3v) is 3.99. The van der Waals surface area contributed by atoms with Crippen LogP contribution >= 0.6 is 11.8 Å². The molecular weight excluding hydrogens is 330 g/mol. The van der Waals surface area contributed by atoms with Crippen LogP contribution in [-0.2, 0) is 9.53 Å². The Morgan fingerprint density at radius 3 is 2.75 bits per heavy atom. The van der Waals surface area contributed by atoms with Gasteiger partial charge in [-0.25, -0.2) is 4.68 Å². The van der Waals surface area contributed by atoms with Crippen LogP contribution in [0.15, 0.2) is 29.4 Å². The summed E-state index contributed by atoms with van der Waals surface area (Å²) in [7, 11) is 1.58. The molecule has 1 heterocycles. The lowest BCUT2D eigenvalue weighted by Crippen LogP contribution is -2.28. The van der Waals surface area contributed by atoms with Crippen LogP contribution in [0.1, 0.15) is 6.92 Å². The summed E-state index contributed by atoms with van der Waals surface area (Å²) in [4.78, 5) is 11.7.